The summed E-state index contributed by atoms with van der Waals surface area (Å²) in [5.74, 6) is 0.765. The normalized spacial score (nSPS) is 18.5. The number of carbonyl (C=O) groups excluding carboxylic acids is 4. The summed E-state index contributed by atoms with van der Waals surface area (Å²) in [7, 11) is 1.65. The number of aliphatic hydroxyl groups excluding tert-OH is 1. The highest BCUT2D eigenvalue weighted by molar-refractivity contribution is 5.87. The van der Waals surface area contributed by atoms with Crippen molar-refractivity contribution in [3.05, 3.63) is 101 Å². The van der Waals surface area contributed by atoms with Gasteiger partial charge < -0.3 is 40.2 Å². The third-order valence-corrected chi connectivity index (χ3v) is 14.4. The van der Waals surface area contributed by atoms with Crippen LogP contribution in [0.3, 0.4) is 0 Å². The van der Waals surface area contributed by atoms with Gasteiger partial charge in [0.15, 0.2) is 5.82 Å². The van der Waals surface area contributed by atoms with Crippen molar-refractivity contribution >= 4 is 29.9 Å². The number of methoxy groups -OCH3 is 2. The number of ether oxygens (including phenoxy) is 3. The van der Waals surface area contributed by atoms with Gasteiger partial charge in [0.05, 0.1) is 62.0 Å². The second kappa shape index (κ2) is 24.4. The number of fused-ring (bicyclic) bond motifs is 2. The molecule has 6 atom stereocenters. The topological polar surface area (TPSA) is 226 Å². The lowest BCUT2D eigenvalue weighted by molar-refractivity contribution is -0.221. The first-order chi connectivity index (χ1) is 37.2. The minimum atomic E-state index is -5.19. The first-order valence-corrected chi connectivity index (χ1v) is 24.8. The number of hydrazine groups is 1. The Morgan fingerprint density at radius 2 is 1.28 bits per heavy atom. The molecule has 3 aliphatic heterocycles. The van der Waals surface area contributed by atoms with Crippen LogP contribution < -0.4 is 26.3 Å². The Hall–Kier alpha value is -7.28. The highest BCUT2D eigenvalue weighted by Gasteiger charge is 2.57. The van der Waals surface area contributed by atoms with E-state index in [0.29, 0.717) is 73.5 Å². The monoisotopic (exact) mass is 1120 g/mol. The number of piperazine rings is 1. The summed E-state index contributed by atoms with van der Waals surface area (Å²) >= 11 is 0. The van der Waals surface area contributed by atoms with Crippen molar-refractivity contribution in [3.63, 3.8) is 0 Å². The largest absolute Gasteiger partial charge is 0.453 e. The van der Waals surface area contributed by atoms with Crippen molar-refractivity contribution in [1.82, 2.24) is 51.2 Å². The second-order valence-electron chi connectivity index (χ2n) is 20.5. The summed E-state index contributed by atoms with van der Waals surface area (Å²) in [5, 5.41) is 18.7. The van der Waals surface area contributed by atoms with Crippen LogP contribution in [0, 0.1) is 34.3 Å². The number of benzene rings is 2. The molecule has 27 heteroatoms. The van der Waals surface area contributed by atoms with Crippen LogP contribution in [0.2, 0.25) is 0 Å². The summed E-state index contributed by atoms with van der Waals surface area (Å²) in [5.41, 5.74) is -3.70. The molecule has 2 bridgehead atoms. The molecule has 3 fully saturated rings. The van der Waals surface area contributed by atoms with Crippen molar-refractivity contribution in [1.29, 1.82) is 0 Å². The van der Waals surface area contributed by atoms with Gasteiger partial charge in [0.2, 0.25) is 11.9 Å². The number of amides is 4. The number of carbonyl (C=O) groups is 4. The van der Waals surface area contributed by atoms with Gasteiger partial charge in [0.25, 0.3) is 5.91 Å². The molecule has 7 rings (SSSR count). The summed E-state index contributed by atoms with van der Waals surface area (Å²) in [6.45, 7) is 3.34. The van der Waals surface area contributed by atoms with E-state index in [4.69, 9.17) is 4.74 Å². The third kappa shape index (κ3) is 14.0. The second-order valence-corrected chi connectivity index (χ2v) is 20.5. The van der Waals surface area contributed by atoms with Crippen LogP contribution in [0.5, 0.6) is 0 Å². The molecule has 5 heterocycles. The zero-order valence-corrected chi connectivity index (χ0v) is 43.7. The molecular formula is C52H59F8N11O8. The lowest BCUT2D eigenvalue weighted by Crippen LogP contribution is -2.63. The van der Waals surface area contributed by atoms with Gasteiger partial charge in [0.1, 0.15) is 23.7 Å². The van der Waals surface area contributed by atoms with E-state index < -0.39 is 108 Å². The average Bonchev–Trinajstić information content (AvgIpc) is 3.78. The number of anilines is 1. The van der Waals surface area contributed by atoms with Crippen molar-refractivity contribution in [2.45, 2.75) is 108 Å². The maximum Gasteiger partial charge on any atom is 0.407 e. The van der Waals surface area contributed by atoms with Crippen LogP contribution in [0.15, 0.2) is 67.3 Å². The molecule has 426 valence electrons. The molecule has 0 saturated carbocycles. The lowest BCUT2D eigenvalue weighted by Gasteiger charge is -2.47. The lowest BCUT2D eigenvalue weighted by atomic mass is 9.82. The molecule has 3 unspecified atom stereocenters. The van der Waals surface area contributed by atoms with Crippen molar-refractivity contribution in [3.8, 4) is 23.2 Å². The molecule has 5 N–H and O–H groups in total. The first kappa shape index (κ1) is 59.4. The number of rotatable bonds is 18. The summed E-state index contributed by atoms with van der Waals surface area (Å²) < 4.78 is 134. The van der Waals surface area contributed by atoms with E-state index in [9.17, 15) is 50.6 Å². The van der Waals surface area contributed by atoms with Gasteiger partial charge in [-0.05, 0) is 82.9 Å². The van der Waals surface area contributed by atoms with E-state index in [2.05, 4.69) is 61.8 Å². The molecule has 3 saturated heterocycles. The number of alkyl carbamates (subject to hydrolysis) is 2. The molecule has 0 aliphatic carbocycles. The van der Waals surface area contributed by atoms with Gasteiger partial charge >= 0.3 is 24.5 Å². The van der Waals surface area contributed by atoms with Crippen LogP contribution >= 0.6 is 0 Å². The SMILES string of the molecule is COC(=O)NC(C(=O)N[C@@H](Cc1ccc(C#Cc2cnc(N3CC4CCC(C3)N4C3COC3)nc2)cc1)[C@@H](O)CN(Cc1c(F)cc(-c2ncccn2)cc1F)NC(=O)[C@@H](NC(=O)OC)C(C)(C)C(F)(F)F)C(C)(C)C(F)(F)F. The summed E-state index contributed by atoms with van der Waals surface area (Å²) in [4.78, 5) is 74.7. The number of aliphatic hydroxyl groups is 1. The van der Waals surface area contributed by atoms with Crippen LogP contribution in [0.1, 0.15) is 62.8 Å². The predicted octanol–water partition coefficient (Wildman–Crippen LogP) is 5.21. The predicted molar refractivity (Wildman–Crippen MR) is 266 cm³/mol. The van der Waals surface area contributed by atoms with Gasteiger partial charge in [-0.2, -0.15) is 26.3 Å². The summed E-state index contributed by atoms with van der Waals surface area (Å²) in [6.07, 6.45) is -7.81. The highest BCUT2D eigenvalue weighted by atomic mass is 19.4. The Morgan fingerprint density at radius 3 is 1.77 bits per heavy atom. The fraction of sp³-hybridized carbons (Fsp3) is 0.500. The molecule has 4 aromatic rings. The van der Waals surface area contributed by atoms with Crippen molar-refractivity contribution in [2.24, 2.45) is 10.8 Å². The van der Waals surface area contributed by atoms with E-state index in [1.807, 2.05) is 10.6 Å². The maximum atomic E-state index is 16.0. The van der Waals surface area contributed by atoms with Crippen LogP contribution in [0.4, 0.5) is 50.7 Å². The Bertz CT molecular complexity index is 2830. The standard InChI is InChI=1S/C52H59F8N11O8/c1-49(2,51(55,56)57)41(66-47(75)77-5)44(73)65-39(18-30-11-8-29(9-12-30)10-13-31-21-63-46(64-22-31)69-23-33-14-15-34(24-69)71(33)35-27-79-28-35)40(72)26-70(68-45(74)42(67-48(76)78-6)50(3,4)52(58,59)60)25-36-37(53)19-32(20-38(36)54)43-61-16-7-17-62-43/h7-9,11-12,16-17,19-22,33-35,39-42,72H,14-15,18,23-28H2,1-6H3,(H,65,73)(H,66,75)(H,67,76)(H,68,74)/t33?,34?,39-,40-,41?,42+/m0/s1. The number of hydrogen-bond donors (Lipinski definition) is 5. The van der Waals surface area contributed by atoms with Crippen LogP contribution in [-0.2, 0) is 36.8 Å². The molecule has 79 heavy (non-hydrogen) atoms. The molecule has 19 nitrogen and oxygen atoms in total. The van der Waals surface area contributed by atoms with Crippen molar-refractivity contribution < 1.29 is 73.6 Å². The number of aromatic nitrogens is 4. The summed E-state index contributed by atoms with van der Waals surface area (Å²) in [6, 6.07) is 3.77. The molecular weight excluding hydrogens is 1060 g/mol. The fourth-order valence-corrected chi connectivity index (χ4v) is 9.38. The Kier molecular flexibility index (Phi) is 18.3. The Labute approximate surface area is 449 Å². The van der Waals surface area contributed by atoms with Gasteiger partial charge in [-0.3, -0.25) is 19.9 Å². The van der Waals surface area contributed by atoms with Gasteiger partial charge in [-0.25, -0.2) is 43.3 Å². The minimum absolute atomic E-state index is 0.0998. The van der Waals surface area contributed by atoms with E-state index in [-0.39, 0.29) is 11.4 Å². The van der Waals surface area contributed by atoms with Crippen molar-refractivity contribution in [2.75, 3.05) is 52.0 Å². The fourth-order valence-electron chi connectivity index (χ4n) is 9.38. The first-order valence-electron chi connectivity index (χ1n) is 24.8. The zero-order chi connectivity index (χ0) is 57.6. The highest BCUT2D eigenvalue weighted by Crippen LogP contribution is 2.42. The average molecular weight is 1120 g/mol. The van der Waals surface area contributed by atoms with Gasteiger partial charge in [-0.1, -0.05) is 24.0 Å². The molecule has 4 amide bonds. The Morgan fingerprint density at radius 1 is 0.759 bits per heavy atom. The molecule has 2 aromatic heterocycles. The number of nitrogens with one attached hydrogen (secondary N) is 4. The minimum Gasteiger partial charge on any atom is -0.453 e. The van der Waals surface area contributed by atoms with E-state index >= 15 is 8.78 Å². The molecule has 2 aromatic carbocycles. The van der Waals surface area contributed by atoms with Gasteiger partial charge in [0, 0.05) is 79.7 Å². The molecule has 0 spiro atoms. The number of hydrogen-bond acceptors (Lipinski definition) is 15. The van der Waals surface area contributed by atoms with E-state index in [1.54, 1.807) is 24.5 Å². The smallest absolute Gasteiger partial charge is 0.407 e. The van der Waals surface area contributed by atoms with E-state index in [1.165, 1.54) is 30.6 Å². The zero-order valence-electron chi connectivity index (χ0n) is 43.7. The third-order valence-electron chi connectivity index (χ3n) is 14.4. The molecule has 3 aliphatic rings. The Balaban J connectivity index is 1.17. The molecule has 0 radical (unpaired) electrons. The van der Waals surface area contributed by atoms with Gasteiger partial charge in [-0.15, -0.1) is 0 Å². The van der Waals surface area contributed by atoms with Crippen LogP contribution in [0.25, 0.3) is 11.4 Å². The maximum absolute atomic E-state index is 16.0. The number of nitrogens with zero attached hydrogens (tertiary/aromatic N) is 7. The number of alkyl halides is 6. The quantitative estimate of drug-likeness (QED) is 0.0490. The van der Waals surface area contributed by atoms with Crippen LogP contribution in [-0.4, -0.2) is 161 Å². The number of halogens is 8. The van der Waals surface area contributed by atoms with E-state index in [0.717, 1.165) is 65.5 Å².